The van der Waals surface area contributed by atoms with Gasteiger partial charge in [-0.2, -0.15) is 0 Å². The molecule has 2 aliphatic heterocycles. The van der Waals surface area contributed by atoms with Crippen LogP contribution in [0, 0.1) is 0 Å². The molecule has 0 aliphatic carbocycles. The van der Waals surface area contributed by atoms with Gasteiger partial charge < -0.3 is 64.2 Å². The van der Waals surface area contributed by atoms with E-state index in [0.717, 1.165) is 64.2 Å². The Bertz CT molecular complexity index is 1220. The Balaban J connectivity index is 1.71. The molecule has 0 spiro atoms. The van der Waals surface area contributed by atoms with E-state index in [1.54, 1.807) is 0 Å². The van der Waals surface area contributed by atoms with E-state index in [0.29, 0.717) is 12.8 Å². The summed E-state index contributed by atoms with van der Waals surface area (Å²) in [6.45, 7) is 2.16. The molecule has 0 bridgehead atoms. The monoisotopic (exact) mass is 843 g/mol. The number of carbonyl (C=O) groups excluding carboxylic acids is 2. The molecule has 7 N–H and O–H groups in total. The third-order valence-corrected chi connectivity index (χ3v) is 10.1. The second kappa shape index (κ2) is 32.2. The molecule has 0 radical (unpaired) electrons. The van der Waals surface area contributed by atoms with E-state index in [1.807, 2.05) is 6.92 Å². The van der Waals surface area contributed by atoms with Crippen LogP contribution in [0.3, 0.4) is 0 Å². The zero-order valence-corrected chi connectivity index (χ0v) is 35.2. The van der Waals surface area contributed by atoms with Crippen LogP contribution in [0.15, 0.2) is 48.6 Å². The van der Waals surface area contributed by atoms with Gasteiger partial charge in [0, 0.05) is 12.8 Å². The maximum atomic E-state index is 12.8. The summed E-state index contributed by atoms with van der Waals surface area (Å²) in [4.78, 5) is 25.0. The molecule has 11 unspecified atom stereocenters. The molecule has 2 aliphatic rings. The summed E-state index contributed by atoms with van der Waals surface area (Å²) in [7, 11) is 0. The molecule has 340 valence electrons. The van der Waals surface area contributed by atoms with Crippen molar-refractivity contribution in [3.8, 4) is 0 Å². The number of carbonyl (C=O) groups is 2. The largest absolute Gasteiger partial charge is 0.462 e. The predicted octanol–water partition coefficient (Wildman–Crippen LogP) is 3.98. The molecule has 2 rings (SSSR count). The molecule has 11 atom stereocenters. The Hall–Kier alpha value is -2.54. The minimum Gasteiger partial charge on any atom is -0.462 e. The van der Waals surface area contributed by atoms with Gasteiger partial charge in [-0.05, 0) is 51.4 Å². The van der Waals surface area contributed by atoms with Crippen molar-refractivity contribution in [2.45, 2.75) is 191 Å². The van der Waals surface area contributed by atoms with Crippen LogP contribution >= 0.6 is 0 Å². The third kappa shape index (κ3) is 21.7. The van der Waals surface area contributed by atoms with Crippen molar-refractivity contribution in [3.05, 3.63) is 48.6 Å². The number of aliphatic hydroxyl groups is 7. The first-order chi connectivity index (χ1) is 28.5. The lowest BCUT2D eigenvalue weighted by Crippen LogP contribution is -2.61. The fourth-order valence-corrected chi connectivity index (χ4v) is 6.42. The van der Waals surface area contributed by atoms with Crippen molar-refractivity contribution >= 4 is 11.9 Å². The Kier molecular flexibility index (Phi) is 28.7. The van der Waals surface area contributed by atoms with E-state index in [4.69, 9.17) is 28.4 Å². The Morgan fingerprint density at radius 2 is 1.07 bits per heavy atom. The van der Waals surface area contributed by atoms with Crippen molar-refractivity contribution in [3.63, 3.8) is 0 Å². The second-order valence-electron chi connectivity index (χ2n) is 15.1. The molecule has 0 aromatic carbocycles. The molecule has 59 heavy (non-hydrogen) atoms. The summed E-state index contributed by atoms with van der Waals surface area (Å²) in [5.74, 6) is -0.981. The first-order valence-electron chi connectivity index (χ1n) is 21.7. The lowest BCUT2D eigenvalue weighted by molar-refractivity contribution is -0.332. The molecule has 0 saturated carbocycles. The van der Waals surface area contributed by atoms with Gasteiger partial charge in [0.1, 0.15) is 55.4 Å². The number of esters is 2. The van der Waals surface area contributed by atoms with Crippen molar-refractivity contribution in [1.29, 1.82) is 0 Å². The van der Waals surface area contributed by atoms with Crippen LogP contribution < -0.4 is 0 Å². The maximum absolute atomic E-state index is 12.8. The fraction of sp³-hybridized carbons (Fsp3) is 0.773. The molecule has 2 fully saturated rings. The lowest BCUT2D eigenvalue weighted by Gasteiger charge is -2.42. The van der Waals surface area contributed by atoms with Crippen LogP contribution in [0.2, 0.25) is 0 Å². The fourth-order valence-electron chi connectivity index (χ4n) is 6.42. The van der Waals surface area contributed by atoms with Gasteiger partial charge in [0.25, 0.3) is 0 Å². The van der Waals surface area contributed by atoms with Gasteiger partial charge in [0.15, 0.2) is 18.7 Å². The second-order valence-corrected chi connectivity index (χ2v) is 15.1. The van der Waals surface area contributed by atoms with Gasteiger partial charge in [-0.15, -0.1) is 0 Å². The van der Waals surface area contributed by atoms with Crippen LogP contribution in [-0.2, 0) is 38.0 Å². The van der Waals surface area contributed by atoms with E-state index in [-0.39, 0.29) is 26.1 Å². The van der Waals surface area contributed by atoms with Crippen LogP contribution in [0.4, 0.5) is 0 Å². The Morgan fingerprint density at radius 3 is 1.66 bits per heavy atom. The normalized spacial score (nSPS) is 28.3. The van der Waals surface area contributed by atoms with Crippen molar-refractivity contribution in [2.75, 3.05) is 26.4 Å². The minimum atomic E-state index is -1.76. The zero-order valence-electron chi connectivity index (χ0n) is 35.2. The summed E-state index contributed by atoms with van der Waals surface area (Å²) in [5, 5.41) is 71.4. The molecule has 0 aromatic rings. The molecule has 0 aromatic heterocycles. The summed E-state index contributed by atoms with van der Waals surface area (Å²) in [6.07, 6.45) is 15.9. The van der Waals surface area contributed by atoms with Crippen LogP contribution in [0.5, 0.6) is 0 Å². The summed E-state index contributed by atoms with van der Waals surface area (Å²) in [6, 6.07) is 0. The first-order valence-corrected chi connectivity index (χ1v) is 21.7. The number of unbranched alkanes of at least 4 members (excludes halogenated alkanes) is 9. The van der Waals surface area contributed by atoms with Crippen molar-refractivity contribution in [1.82, 2.24) is 0 Å². The molecule has 0 amide bonds. The highest BCUT2D eigenvalue weighted by Gasteiger charge is 2.47. The van der Waals surface area contributed by atoms with Gasteiger partial charge in [0.2, 0.25) is 0 Å². The molecule has 2 heterocycles. The zero-order chi connectivity index (χ0) is 43.3. The van der Waals surface area contributed by atoms with Crippen LogP contribution in [0.25, 0.3) is 0 Å². The summed E-state index contributed by atoms with van der Waals surface area (Å²) in [5.41, 5.74) is 0. The highest BCUT2D eigenvalue weighted by Crippen LogP contribution is 2.26. The first kappa shape index (κ1) is 52.6. The minimum absolute atomic E-state index is 0.153. The van der Waals surface area contributed by atoms with Gasteiger partial charge in [-0.1, -0.05) is 107 Å². The lowest BCUT2D eigenvalue weighted by atomic mass is 9.98. The number of hydrogen-bond acceptors (Lipinski definition) is 15. The maximum Gasteiger partial charge on any atom is 0.306 e. The van der Waals surface area contributed by atoms with E-state index in [2.05, 4.69) is 55.5 Å². The third-order valence-electron chi connectivity index (χ3n) is 10.1. The van der Waals surface area contributed by atoms with Crippen LogP contribution in [-0.4, -0.2) is 142 Å². The van der Waals surface area contributed by atoms with Crippen molar-refractivity contribution in [2.24, 2.45) is 0 Å². The van der Waals surface area contributed by atoms with Gasteiger partial charge in [-0.3, -0.25) is 9.59 Å². The number of ether oxygens (including phenoxy) is 6. The number of aliphatic hydroxyl groups excluding tert-OH is 7. The van der Waals surface area contributed by atoms with Gasteiger partial charge >= 0.3 is 11.9 Å². The van der Waals surface area contributed by atoms with Gasteiger partial charge in [-0.25, -0.2) is 0 Å². The van der Waals surface area contributed by atoms with Crippen molar-refractivity contribution < 1.29 is 73.8 Å². The van der Waals surface area contributed by atoms with E-state index >= 15 is 0 Å². The molecular weight excluding hydrogens is 768 g/mol. The number of allylic oxidation sites excluding steroid dienone is 8. The summed E-state index contributed by atoms with van der Waals surface area (Å²) < 4.78 is 33.0. The Labute approximate surface area is 350 Å². The van der Waals surface area contributed by atoms with Crippen LogP contribution in [0.1, 0.15) is 123 Å². The quantitative estimate of drug-likeness (QED) is 0.0297. The van der Waals surface area contributed by atoms with E-state index in [9.17, 15) is 45.3 Å². The SMILES string of the molecule is CC/C=C\C/C=C\C/C=C\C/C=C\CCCCCCCCCCC(=O)OC(COC(=O)CCCC)COC1OC(COC2OC(CO)C(O)C(O)C2O)C(O)C(O)C1O. The van der Waals surface area contributed by atoms with E-state index in [1.165, 1.54) is 19.3 Å². The highest BCUT2D eigenvalue weighted by molar-refractivity contribution is 5.70. The standard InChI is InChI=1S/C44H74O15/c1-3-5-7-8-9-10-11-12-13-14-15-16-17-18-19-20-21-22-23-24-25-27-36(47)57-32(29-54-35(46)26-6-4-2)30-55-43-42(53)40(51)38(49)34(59-43)31-56-44-41(52)39(50)37(48)33(28-45)58-44/h5,7,9-10,12-13,15-16,32-34,37-45,48-53H,3-4,6,8,11,14,17-31H2,1-2H3/b7-5-,10-9-,13-12-,16-15-. The topological polar surface area (TPSA) is 231 Å². The molecule has 15 heteroatoms. The average molecular weight is 843 g/mol. The van der Waals surface area contributed by atoms with Gasteiger partial charge in [0.05, 0.1) is 19.8 Å². The molecule has 2 saturated heterocycles. The van der Waals surface area contributed by atoms with E-state index < -0.39 is 92.7 Å². The highest BCUT2D eigenvalue weighted by atomic mass is 16.7. The molecule has 15 nitrogen and oxygen atoms in total. The smallest absolute Gasteiger partial charge is 0.306 e. The number of rotatable bonds is 31. The predicted molar refractivity (Wildman–Crippen MR) is 220 cm³/mol. The Morgan fingerprint density at radius 1 is 0.559 bits per heavy atom. The molecular formula is C44H74O15. The summed E-state index contributed by atoms with van der Waals surface area (Å²) >= 11 is 0. The number of hydrogen-bond donors (Lipinski definition) is 7. The average Bonchev–Trinajstić information content (AvgIpc) is 3.23.